The van der Waals surface area contributed by atoms with Crippen LogP contribution in [0, 0.1) is 17.2 Å². The van der Waals surface area contributed by atoms with E-state index in [-0.39, 0.29) is 17.6 Å². The fraction of sp³-hybridized carbons (Fsp3) is 0.375. The van der Waals surface area contributed by atoms with Gasteiger partial charge in [0.1, 0.15) is 5.54 Å². The third-order valence-electron chi connectivity index (χ3n) is 4.10. The van der Waals surface area contributed by atoms with Gasteiger partial charge in [-0.3, -0.25) is 4.79 Å². The summed E-state index contributed by atoms with van der Waals surface area (Å²) >= 11 is 7.15. The second-order valence-corrected chi connectivity index (χ2v) is 7.49. The zero-order chi connectivity index (χ0) is 18.0. The molecule has 1 saturated carbocycles. The minimum Gasteiger partial charge on any atom is -0.337 e. The van der Waals surface area contributed by atoms with Gasteiger partial charge in [0, 0.05) is 10.6 Å². The number of benzene rings is 1. The van der Waals surface area contributed by atoms with Gasteiger partial charge in [-0.2, -0.15) is 5.26 Å². The number of nitriles is 1. The Balaban J connectivity index is 1.64. The van der Waals surface area contributed by atoms with E-state index in [1.165, 1.54) is 16.4 Å². The van der Waals surface area contributed by atoms with Crippen LogP contribution in [0.15, 0.2) is 29.4 Å². The van der Waals surface area contributed by atoms with Crippen molar-refractivity contribution >= 4 is 29.3 Å². The smallest absolute Gasteiger partial charge is 0.231 e. The third kappa shape index (κ3) is 3.89. The number of thioether (sulfide) groups is 1. The lowest BCUT2D eigenvalue weighted by Gasteiger charge is -2.22. The molecule has 1 amide bonds. The second-order valence-electron chi connectivity index (χ2n) is 6.11. The molecule has 1 unspecified atom stereocenters. The lowest BCUT2D eigenvalue weighted by atomic mass is 9.98. The molecule has 1 aliphatic rings. The molecule has 1 heterocycles. The molecule has 0 bridgehead atoms. The van der Waals surface area contributed by atoms with E-state index < -0.39 is 5.54 Å². The van der Waals surface area contributed by atoms with Crippen LogP contribution in [0.1, 0.15) is 19.8 Å². The molecule has 0 radical (unpaired) electrons. The summed E-state index contributed by atoms with van der Waals surface area (Å²) in [5, 5.41) is 21.2. The van der Waals surface area contributed by atoms with E-state index in [1.54, 1.807) is 25.1 Å². The van der Waals surface area contributed by atoms with Crippen molar-refractivity contribution in [1.29, 1.82) is 5.26 Å². The first-order valence-electron chi connectivity index (χ1n) is 7.74. The van der Waals surface area contributed by atoms with Gasteiger partial charge in [-0.15, -0.1) is 10.2 Å². The Kier molecular flexibility index (Phi) is 4.88. The fourth-order valence-electron chi connectivity index (χ4n) is 2.54. The summed E-state index contributed by atoms with van der Waals surface area (Å²) in [4.78, 5) is 12.2. The van der Waals surface area contributed by atoms with Crippen molar-refractivity contribution in [2.75, 3.05) is 11.6 Å². The van der Waals surface area contributed by atoms with Gasteiger partial charge in [0.15, 0.2) is 5.82 Å². The first-order chi connectivity index (χ1) is 11.9. The Hall–Kier alpha value is -2.24. The molecule has 3 rings (SSSR count). The number of carbonyl (C=O) groups is 1. The number of amides is 1. The first kappa shape index (κ1) is 17.6. The van der Waals surface area contributed by atoms with Crippen molar-refractivity contribution in [1.82, 2.24) is 20.2 Å². The van der Waals surface area contributed by atoms with E-state index in [9.17, 15) is 10.1 Å². The average Bonchev–Trinajstić information content (AvgIpc) is 3.38. The Morgan fingerprint density at radius 2 is 2.32 bits per heavy atom. The number of nitrogens with zero attached hydrogens (tertiary/aromatic N) is 4. The van der Waals surface area contributed by atoms with Gasteiger partial charge in [-0.1, -0.05) is 35.5 Å². The predicted molar refractivity (Wildman–Crippen MR) is 96.2 cm³/mol. The van der Waals surface area contributed by atoms with Gasteiger partial charge in [0.2, 0.25) is 11.1 Å². The van der Waals surface area contributed by atoms with Gasteiger partial charge in [-0.25, -0.2) is 4.68 Å². The highest BCUT2D eigenvalue weighted by Crippen LogP contribution is 2.39. The van der Waals surface area contributed by atoms with Crippen LogP contribution in [-0.4, -0.2) is 32.1 Å². The standard InChI is InChI=1S/C16H17ClN6OS/c1-16(9-18,11-5-6-11)20-13(24)8-25-15-22-21-14(23(15)19)10-3-2-4-12(17)7-10/h2-4,7,11H,5-6,8,19H2,1H3,(H,20,24). The second kappa shape index (κ2) is 6.94. The van der Waals surface area contributed by atoms with Crippen LogP contribution in [0.2, 0.25) is 5.02 Å². The average molecular weight is 377 g/mol. The molecule has 1 atom stereocenters. The van der Waals surface area contributed by atoms with E-state index >= 15 is 0 Å². The van der Waals surface area contributed by atoms with Gasteiger partial charge < -0.3 is 11.2 Å². The van der Waals surface area contributed by atoms with Crippen molar-refractivity contribution in [3.63, 3.8) is 0 Å². The molecule has 1 aromatic heterocycles. The maximum atomic E-state index is 12.2. The summed E-state index contributed by atoms with van der Waals surface area (Å²) in [5.74, 6) is 6.60. The highest BCUT2D eigenvalue weighted by atomic mass is 35.5. The van der Waals surface area contributed by atoms with Crippen LogP contribution in [0.5, 0.6) is 0 Å². The number of hydrogen-bond acceptors (Lipinski definition) is 6. The maximum Gasteiger partial charge on any atom is 0.231 e. The first-order valence-corrected chi connectivity index (χ1v) is 9.11. The van der Waals surface area contributed by atoms with Crippen LogP contribution >= 0.6 is 23.4 Å². The van der Waals surface area contributed by atoms with E-state index in [0.717, 1.165) is 18.4 Å². The Morgan fingerprint density at radius 3 is 2.96 bits per heavy atom. The van der Waals surface area contributed by atoms with Crippen molar-refractivity contribution < 1.29 is 4.79 Å². The zero-order valence-corrected chi connectivity index (χ0v) is 15.1. The van der Waals surface area contributed by atoms with Crippen molar-refractivity contribution in [3.8, 4) is 17.5 Å². The molecule has 2 aromatic rings. The summed E-state index contributed by atoms with van der Waals surface area (Å²) in [6, 6.07) is 9.33. The lowest BCUT2D eigenvalue weighted by Crippen LogP contribution is -2.47. The lowest BCUT2D eigenvalue weighted by molar-refractivity contribution is -0.119. The minimum absolute atomic E-state index is 0.106. The number of nitrogens with two attached hydrogens (primary N) is 1. The van der Waals surface area contributed by atoms with Gasteiger partial charge in [0.25, 0.3) is 0 Å². The summed E-state index contributed by atoms with van der Waals surface area (Å²) in [6.07, 6.45) is 1.94. The van der Waals surface area contributed by atoms with Crippen molar-refractivity contribution in [3.05, 3.63) is 29.3 Å². The predicted octanol–water partition coefficient (Wildman–Crippen LogP) is 2.21. The molecule has 25 heavy (non-hydrogen) atoms. The molecule has 1 aromatic carbocycles. The molecule has 0 spiro atoms. The van der Waals surface area contributed by atoms with Crippen molar-refractivity contribution in [2.24, 2.45) is 5.92 Å². The topological polar surface area (TPSA) is 110 Å². The number of halogens is 1. The van der Waals surface area contributed by atoms with Gasteiger partial charge >= 0.3 is 0 Å². The van der Waals surface area contributed by atoms with Gasteiger partial charge in [-0.05, 0) is 37.8 Å². The summed E-state index contributed by atoms with van der Waals surface area (Å²) in [6.45, 7) is 1.76. The van der Waals surface area contributed by atoms with Gasteiger partial charge in [0.05, 0.1) is 11.8 Å². The molecule has 1 aliphatic carbocycles. The molecule has 1 fully saturated rings. The number of nitrogen functional groups attached to an aromatic ring is 1. The van der Waals surface area contributed by atoms with Crippen LogP contribution in [0.25, 0.3) is 11.4 Å². The molecular formula is C16H17ClN6OS. The highest BCUT2D eigenvalue weighted by molar-refractivity contribution is 7.99. The monoisotopic (exact) mass is 376 g/mol. The van der Waals surface area contributed by atoms with Crippen LogP contribution in [0.4, 0.5) is 0 Å². The number of nitrogens with one attached hydrogen (secondary N) is 1. The molecular weight excluding hydrogens is 360 g/mol. The van der Waals surface area contributed by atoms with E-state index in [4.69, 9.17) is 17.4 Å². The fourth-order valence-corrected chi connectivity index (χ4v) is 3.38. The van der Waals surface area contributed by atoms with E-state index in [2.05, 4.69) is 21.6 Å². The largest absolute Gasteiger partial charge is 0.337 e. The summed E-state index contributed by atoms with van der Waals surface area (Å²) < 4.78 is 1.33. The highest BCUT2D eigenvalue weighted by Gasteiger charge is 2.42. The SMILES string of the molecule is CC(C#N)(NC(=O)CSc1nnc(-c2cccc(Cl)c2)n1N)C1CC1. The Morgan fingerprint density at radius 1 is 1.56 bits per heavy atom. The number of rotatable bonds is 6. The quantitative estimate of drug-likeness (QED) is 0.590. The maximum absolute atomic E-state index is 12.2. The molecule has 0 saturated heterocycles. The van der Waals surface area contributed by atoms with Crippen molar-refractivity contribution in [2.45, 2.75) is 30.5 Å². The summed E-state index contributed by atoms with van der Waals surface area (Å²) in [5.41, 5.74) is -0.0652. The number of hydrogen-bond donors (Lipinski definition) is 2. The molecule has 9 heteroatoms. The van der Waals surface area contributed by atoms with Crippen LogP contribution in [-0.2, 0) is 4.79 Å². The normalized spacial score (nSPS) is 16.0. The van der Waals surface area contributed by atoms with E-state index in [0.29, 0.717) is 16.0 Å². The zero-order valence-electron chi connectivity index (χ0n) is 13.6. The minimum atomic E-state index is -0.806. The molecule has 3 N–H and O–H groups in total. The van der Waals surface area contributed by atoms with E-state index in [1.807, 2.05) is 6.07 Å². The van der Waals surface area contributed by atoms with Crippen LogP contribution in [0.3, 0.4) is 0 Å². The Labute approximate surface area is 154 Å². The number of carbonyl (C=O) groups excluding carboxylic acids is 1. The molecule has 0 aliphatic heterocycles. The van der Waals surface area contributed by atoms with Crippen LogP contribution < -0.4 is 11.2 Å². The Bertz CT molecular complexity index is 843. The third-order valence-corrected chi connectivity index (χ3v) is 5.28. The molecule has 7 nitrogen and oxygen atoms in total. The number of aromatic nitrogens is 3. The summed E-state index contributed by atoms with van der Waals surface area (Å²) in [7, 11) is 0. The molecule has 130 valence electrons.